The van der Waals surface area contributed by atoms with Gasteiger partial charge in [0.15, 0.2) is 0 Å². The van der Waals surface area contributed by atoms with Gasteiger partial charge in [0, 0.05) is 64.3 Å². The smallest absolute Gasteiger partial charge is 0.225 e. The fourth-order valence-corrected chi connectivity index (χ4v) is 5.69. The largest absolute Gasteiger partial charge is 0.342 e. The number of carbonyl (C=O) groups is 1. The molecule has 6 nitrogen and oxygen atoms in total. The number of hydrogen-bond acceptors (Lipinski definition) is 5. The van der Waals surface area contributed by atoms with Crippen LogP contribution in [0.25, 0.3) is 0 Å². The maximum absolute atomic E-state index is 12.8. The molecule has 0 radical (unpaired) electrons. The monoisotopic (exact) mass is 411 g/mol. The van der Waals surface area contributed by atoms with E-state index in [1.54, 1.807) is 0 Å². The lowest BCUT2D eigenvalue weighted by Gasteiger charge is -2.43. The number of anilines is 1. The predicted octanol–water partition coefficient (Wildman–Crippen LogP) is 3.05. The zero-order chi connectivity index (χ0) is 20.3. The molecule has 2 aliphatic heterocycles. The summed E-state index contributed by atoms with van der Waals surface area (Å²) in [6.07, 6.45) is 15.1. The highest BCUT2D eigenvalue weighted by Gasteiger charge is 2.29. The molecule has 0 N–H and O–H groups in total. The van der Waals surface area contributed by atoms with Crippen molar-refractivity contribution in [3.63, 3.8) is 0 Å². The van der Waals surface area contributed by atoms with E-state index in [4.69, 9.17) is 9.97 Å². The van der Waals surface area contributed by atoms with Crippen molar-refractivity contribution in [1.29, 1.82) is 0 Å². The van der Waals surface area contributed by atoms with E-state index in [1.807, 2.05) is 6.20 Å². The molecule has 3 fully saturated rings. The zero-order valence-corrected chi connectivity index (χ0v) is 18.4. The lowest BCUT2D eigenvalue weighted by Crippen LogP contribution is -2.52. The van der Waals surface area contributed by atoms with E-state index in [1.165, 1.54) is 50.5 Å². The van der Waals surface area contributed by atoms with Crippen molar-refractivity contribution in [1.82, 2.24) is 19.8 Å². The van der Waals surface area contributed by atoms with Crippen LogP contribution in [-0.2, 0) is 17.6 Å². The second-order valence-corrected chi connectivity index (χ2v) is 9.82. The Kier molecular flexibility index (Phi) is 6.21. The molecular formula is C24H37N5O. The second-order valence-electron chi connectivity index (χ2n) is 9.82. The van der Waals surface area contributed by atoms with Gasteiger partial charge in [0.25, 0.3) is 0 Å². The molecule has 0 unspecified atom stereocenters. The minimum atomic E-state index is 0.343. The van der Waals surface area contributed by atoms with Crippen molar-refractivity contribution >= 4 is 11.9 Å². The highest BCUT2D eigenvalue weighted by molar-refractivity contribution is 5.76. The van der Waals surface area contributed by atoms with Gasteiger partial charge in [-0.25, -0.2) is 9.97 Å². The average Bonchev–Trinajstić information content (AvgIpc) is 3.16. The van der Waals surface area contributed by atoms with E-state index >= 15 is 0 Å². The SMILES string of the molecule is O=C(CCC1CCCC1)N1CCc2cnc(N3CCN(C4CCC4)CC3)nc2CC1. The van der Waals surface area contributed by atoms with Crippen LogP contribution in [0.3, 0.4) is 0 Å². The Morgan fingerprint density at radius 1 is 0.933 bits per heavy atom. The number of aromatic nitrogens is 2. The van der Waals surface area contributed by atoms with Crippen LogP contribution in [0.2, 0.25) is 0 Å². The van der Waals surface area contributed by atoms with Crippen molar-refractivity contribution in [2.45, 2.75) is 76.7 Å². The summed E-state index contributed by atoms with van der Waals surface area (Å²) in [6, 6.07) is 0.831. The summed E-state index contributed by atoms with van der Waals surface area (Å²) >= 11 is 0. The summed E-state index contributed by atoms with van der Waals surface area (Å²) in [5, 5.41) is 0. The lowest BCUT2D eigenvalue weighted by molar-refractivity contribution is -0.131. The fourth-order valence-electron chi connectivity index (χ4n) is 5.69. The molecule has 5 rings (SSSR count). The molecule has 2 aliphatic carbocycles. The molecule has 30 heavy (non-hydrogen) atoms. The molecule has 1 aromatic heterocycles. The van der Waals surface area contributed by atoms with Crippen LogP contribution in [0, 0.1) is 5.92 Å². The third-order valence-electron chi connectivity index (χ3n) is 7.99. The van der Waals surface area contributed by atoms with Crippen LogP contribution in [0.1, 0.15) is 69.0 Å². The molecule has 4 aliphatic rings. The lowest BCUT2D eigenvalue weighted by atomic mass is 9.91. The van der Waals surface area contributed by atoms with Gasteiger partial charge in [-0.3, -0.25) is 9.69 Å². The summed E-state index contributed by atoms with van der Waals surface area (Å²) in [4.78, 5) is 29.5. The Hall–Kier alpha value is -1.69. The van der Waals surface area contributed by atoms with E-state index < -0.39 is 0 Å². The molecule has 0 atom stereocenters. The van der Waals surface area contributed by atoms with Crippen LogP contribution >= 0.6 is 0 Å². The Labute approximate surface area is 181 Å². The number of carbonyl (C=O) groups excluding carboxylic acids is 1. The topological polar surface area (TPSA) is 52.6 Å². The molecule has 3 heterocycles. The fraction of sp³-hybridized carbons (Fsp3) is 0.792. The first kappa shape index (κ1) is 20.2. The quantitative estimate of drug-likeness (QED) is 0.745. The van der Waals surface area contributed by atoms with Gasteiger partial charge >= 0.3 is 0 Å². The molecule has 1 amide bonds. The highest BCUT2D eigenvalue weighted by Crippen LogP contribution is 2.29. The molecule has 0 bridgehead atoms. The molecular weight excluding hydrogens is 374 g/mol. The van der Waals surface area contributed by atoms with Gasteiger partial charge in [-0.2, -0.15) is 0 Å². The number of piperazine rings is 1. The molecule has 0 aromatic carbocycles. The number of amides is 1. The predicted molar refractivity (Wildman–Crippen MR) is 119 cm³/mol. The Morgan fingerprint density at radius 2 is 1.70 bits per heavy atom. The molecule has 0 spiro atoms. The number of rotatable bonds is 5. The van der Waals surface area contributed by atoms with Crippen LogP contribution in [0.4, 0.5) is 5.95 Å². The highest BCUT2D eigenvalue weighted by atomic mass is 16.2. The van der Waals surface area contributed by atoms with E-state index in [0.29, 0.717) is 5.91 Å². The molecule has 164 valence electrons. The summed E-state index contributed by atoms with van der Waals surface area (Å²) in [5.74, 6) is 2.02. The third kappa shape index (κ3) is 4.48. The van der Waals surface area contributed by atoms with Crippen LogP contribution < -0.4 is 4.90 Å². The minimum Gasteiger partial charge on any atom is -0.342 e. The van der Waals surface area contributed by atoms with Gasteiger partial charge in [0.05, 0.1) is 5.69 Å². The molecule has 6 heteroatoms. The van der Waals surface area contributed by atoms with E-state index in [0.717, 1.165) is 88.6 Å². The Morgan fingerprint density at radius 3 is 2.43 bits per heavy atom. The minimum absolute atomic E-state index is 0.343. The number of fused-ring (bicyclic) bond motifs is 1. The van der Waals surface area contributed by atoms with Gasteiger partial charge in [-0.15, -0.1) is 0 Å². The first-order valence-corrected chi connectivity index (χ1v) is 12.4. The van der Waals surface area contributed by atoms with Gasteiger partial charge in [0.2, 0.25) is 11.9 Å². The standard InChI is InChI=1S/C24H37N5O/c30-23(9-8-19-4-1-2-5-19)28-12-10-20-18-25-24(26-22(20)11-13-28)29-16-14-27(15-17-29)21-6-3-7-21/h18-19,21H,1-17H2. The van der Waals surface area contributed by atoms with Crippen molar-refractivity contribution in [2.75, 3.05) is 44.2 Å². The summed E-state index contributed by atoms with van der Waals surface area (Å²) < 4.78 is 0. The van der Waals surface area contributed by atoms with Crippen molar-refractivity contribution in [3.8, 4) is 0 Å². The van der Waals surface area contributed by atoms with Gasteiger partial charge in [-0.05, 0) is 37.2 Å². The first-order valence-electron chi connectivity index (χ1n) is 12.4. The zero-order valence-electron chi connectivity index (χ0n) is 18.4. The Balaban J connectivity index is 1.15. The molecule has 1 aromatic rings. The van der Waals surface area contributed by atoms with Crippen LogP contribution in [-0.4, -0.2) is 71.0 Å². The van der Waals surface area contributed by atoms with E-state index in [-0.39, 0.29) is 0 Å². The summed E-state index contributed by atoms with van der Waals surface area (Å²) in [5.41, 5.74) is 2.39. The summed E-state index contributed by atoms with van der Waals surface area (Å²) in [7, 11) is 0. The van der Waals surface area contributed by atoms with Crippen molar-refractivity contribution in [2.24, 2.45) is 5.92 Å². The van der Waals surface area contributed by atoms with E-state index in [9.17, 15) is 4.79 Å². The average molecular weight is 412 g/mol. The number of nitrogens with zero attached hydrogens (tertiary/aromatic N) is 5. The second kappa shape index (κ2) is 9.21. The maximum atomic E-state index is 12.8. The summed E-state index contributed by atoms with van der Waals surface area (Å²) in [6.45, 7) is 5.95. The molecule has 1 saturated heterocycles. The first-order chi connectivity index (χ1) is 14.8. The normalized spacial score (nSPS) is 23.9. The van der Waals surface area contributed by atoms with Crippen LogP contribution in [0.5, 0.6) is 0 Å². The van der Waals surface area contributed by atoms with Gasteiger partial charge in [0.1, 0.15) is 0 Å². The Bertz CT molecular complexity index is 735. The van der Waals surface area contributed by atoms with Crippen molar-refractivity contribution < 1.29 is 4.79 Å². The third-order valence-corrected chi connectivity index (χ3v) is 7.99. The van der Waals surface area contributed by atoms with Crippen molar-refractivity contribution in [3.05, 3.63) is 17.5 Å². The van der Waals surface area contributed by atoms with Gasteiger partial charge < -0.3 is 9.80 Å². The van der Waals surface area contributed by atoms with E-state index in [2.05, 4.69) is 14.7 Å². The van der Waals surface area contributed by atoms with Crippen LogP contribution in [0.15, 0.2) is 6.20 Å². The number of hydrogen-bond donors (Lipinski definition) is 0. The maximum Gasteiger partial charge on any atom is 0.225 e. The van der Waals surface area contributed by atoms with Gasteiger partial charge in [-0.1, -0.05) is 32.1 Å². The molecule has 2 saturated carbocycles.